The minimum absolute atomic E-state index is 0. The topological polar surface area (TPSA) is 188 Å². The molecule has 0 bridgehead atoms. The van der Waals surface area contributed by atoms with Crippen LogP contribution in [0, 0.1) is 11.8 Å². The zero-order valence-electron chi connectivity index (χ0n) is 17.2. The van der Waals surface area contributed by atoms with Crippen LogP contribution in [-0.2, 0) is 9.30 Å². The van der Waals surface area contributed by atoms with Crippen molar-refractivity contribution >= 4 is 7.60 Å². The van der Waals surface area contributed by atoms with E-state index in [1.54, 1.807) is 30.3 Å². The molecular formula is C18H17N2Na2O9P. The first-order chi connectivity index (χ1) is 14.1. The molecule has 1 aromatic heterocycles. The second-order valence-electron chi connectivity index (χ2n) is 6.66. The second kappa shape index (κ2) is 12.2. The molecular weight excluding hydrogens is 465 g/mol. The average molecular weight is 482 g/mol. The molecule has 0 unspecified atom stereocenters. The Labute approximate surface area is 226 Å². The molecule has 11 nitrogen and oxygen atoms in total. The fourth-order valence-corrected chi connectivity index (χ4v) is 3.66. The summed E-state index contributed by atoms with van der Waals surface area (Å²) in [6.45, 7) is 0. The first kappa shape index (κ1) is 29.5. The fraction of sp³-hybridized carbons (Fsp3) is 0.333. The number of nitrogens with one attached hydrogen (secondary N) is 1. The molecule has 1 aliphatic heterocycles. The Balaban J connectivity index is 0.00000256. The Morgan fingerprint density at radius 1 is 1.12 bits per heavy atom. The van der Waals surface area contributed by atoms with Crippen LogP contribution < -0.4 is 80.2 Å². The fourth-order valence-electron chi connectivity index (χ4n) is 2.99. The summed E-state index contributed by atoms with van der Waals surface area (Å²) in [5, 5.41) is 30.2. The van der Waals surface area contributed by atoms with Gasteiger partial charge in [0.25, 0.3) is 5.56 Å². The largest absolute Gasteiger partial charge is 1.00 e. The van der Waals surface area contributed by atoms with Crippen LogP contribution in [0.4, 0.5) is 0 Å². The van der Waals surface area contributed by atoms with Crippen LogP contribution >= 0.6 is 7.60 Å². The SMILES string of the molecule is O=c1[nH]c(=O)n([C@@H]2O[C@H]([C@H](O)CP(=O)([O-])[O-])[C@@H](O)[C@H]2O)cc1C#Cc1ccccc1.[Na+].[Na+]. The van der Waals surface area contributed by atoms with Gasteiger partial charge in [0.05, 0.1) is 6.10 Å². The van der Waals surface area contributed by atoms with Crippen LogP contribution in [0.5, 0.6) is 0 Å². The van der Waals surface area contributed by atoms with E-state index in [0.29, 0.717) is 5.56 Å². The van der Waals surface area contributed by atoms with Crippen molar-refractivity contribution in [1.82, 2.24) is 9.55 Å². The smallest absolute Gasteiger partial charge is 0.811 e. The van der Waals surface area contributed by atoms with E-state index in [0.717, 1.165) is 10.8 Å². The average Bonchev–Trinajstić information content (AvgIpc) is 2.96. The monoisotopic (exact) mass is 482 g/mol. The molecule has 1 aromatic carbocycles. The quantitative estimate of drug-likeness (QED) is 0.186. The van der Waals surface area contributed by atoms with Gasteiger partial charge in [-0.15, -0.1) is 0 Å². The van der Waals surface area contributed by atoms with Gasteiger partial charge in [0.2, 0.25) is 0 Å². The summed E-state index contributed by atoms with van der Waals surface area (Å²) < 4.78 is 16.9. The molecule has 0 saturated carbocycles. The summed E-state index contributed by atoms with van der Waals surface area (Å²) in [4.78, 5) is 48.0. The maximum atomic E-state index is 12.2. The first-order valence-electron chi connectivity index (χ1n) is 8.70. The maximum absolute atomic E-state index is 12.2. The van der Waals surface area contributed by atoms with Crippen molar-refractivity contribution < 1.29 is 93.5 Å². The Hall–Kier alpha value is -0.550. The zero-order valence-corrected chi connectivity index (χ0v) is 22.1. The third-order valence-electron chi connectivity index (χ3n) is 4.42. The summed E-state index contributed by atoms with van der Waals surface area (Å²) in [5.41, 5.74) is -1.32. The molecule has 4 N–H and O–H groups in total. The van der Waals surface area contributed by atoms with Gasteiger partial charge < -0.3 is 34.4 Å². The first-order valence-corrected chi connectivity index (χ1v) is 10.4. The second-order valence-corrected chi connectivity index (χ2v) is 8.25. The summed E-state index contributed by atoms with van der Waals surface area (Å²) in [6, 6.07) is 8.68. The number of nitrogens with zero attached hydrogens (tertiary/aromatic N) is 1. The molecule has 1 saturated heterocycles. The third kappa shape index (κ3) is 7.22. The van der Waals surface area contributed by atoms with Crippen molar-refractivity contribution in [2.75, 3.05) is 6.16 Å². The van der Waals surface area contributed by atoms with Gasteiger partial charge in [-0.05, 0) is 12.1 Å². The molecule has 14 heteroatoms. The van der Waals surface area contributed by atoms with Crippen LogP contribution in [-0.4, -0.2) is 55.4 Å². The molecule has 0 amide bonds. The molecule has 0 spiro atoms. The molecule has 1 aliphatic rings. The van der Waals surface area contributed by atoms with E-state index in [4.69, 9.17) is 4.74 Å². The van der Waals surface area contributed by atoms with Crippen molar-refractivity contribution in [3.8, 4) is 11.8 Å². The maximum Gasteiger partial charge on any atom is 1.00 e. The minimum atomic E-state index is -5.13. The summed E-state index contributed by atoms with van der Waals surface area (Å²) in [6.07, 6.45) is -8.94. The van der Waals surface area contributed by atoms with E-state index >= 15 is 0 Å². The Morgan fingerprint density at radius 2 is 1.75 bits per heavy atom. The van der Waals surface area contributed by atoms with E-state index in [2.05, 4.69) is 11.8 Å². The number of ether oxygens (including phenoxy) is 1. The summed E-state index contributed by atoms with van der Waals surface area (Å²) in [7, 11) is -5.13. The number of hydrogen-bond acceptors (Lipinski definition) is 9. The molecule has 160 valence electrons. The van der Waals surface area contributed by atoms with E-state index in [1.807, 2.05) is 4.98 Å². The predicted octanol–water partition coefficient (Wildman–Crippen LogP) is -9.16. The number of hydrogen-bond donors (Lipinski definition) is 4. The van der Waals surface area contributed by atoms with Gasteiger partial charge in [0.15, 0.2) is 6.23 Å². The van der Waals surface area contributed by atoms with Crippen molar-refractivity contribution in [2.45, 2.75) is 30.6 Å². The van der Waals surface area contributed by atoms with Gasteiger partial charge in [-0.3, -0.25) is 14.3 Å². The summed E-state index contributed by atoms with van der Waals surface area (Å²) in [5.74, 6) is 5.32. The van der Waals surface area contributed by atoms with Crippen LogP contribution in [0.2, 0.25) is 0 Å². The van der Waals surface area contributed by atoms with Crippen molar-refractivity contribution in [3.05, 3.63) is 68.5 Å². The van der Waals surface area contributed by atoms with Gasteiger partial charge in [-0.2, -0.15) is 0 Å². The summed E-state index contributed by atoms with van der Waals surface area (Å²) >= 11 is 0. The van der Waals surface area contributed by atoms with E-state index in [-0.39, 0.29) is 64.7 Å². The molecule has 0 radical (unpaired) electrons. The zero-order chi connectivity index (χ0) is 22.1. The molecule has 5 atom stereocenters. The van der Waals surface area contributed by atoms with E-state index in [9.17, 15) is 39.3 Å². The van der Waals surface area contributed by atoms with Gasteiger partial charge in [0.1, 0.15) is 23.9 Å². The molecule has 2 aromatic rings. The Morgan fingerprint density at radius 3 is 2.34 bits per heavy atom. The van der Waals surface area contributed by atoms with Gasteiger partial charge >= 0.3 is 64.8 Å². The van der Waals surface area contributed by atoms with E-state index < -0.39 is 55.7 Å². The van der Waals surface area contributed by atoms with Gasteiger partial charge in [-0.25, -0.2) is 4.79 Å². The minimum Gasteiger partial charge on any atom is -0.811 e. The number of aliphatic hydroxyl groups is 3. The number of aromatic amines is 1. The van der Waals surface area contributed by atoms with Gasteiger partial charge in [0, 0.05) is 17.9 Å². The van der Waals surface area contributed by atoms with Gasteiger partial charge in [-0.1, -0.05) is 37.6 Å². The van der Waals surface area contributed by atoms with Crippen LogP contribution in [0.15, 0.2) is 46.1 Å². The van der Waals surface area contributed by atoms with Crippen LogP contribution in [0.1, 0.15) is 17.4 Å². The van der Waals surface area contributed by atoms with Crippen molar-refractivity contribution in [3.63, 3.8) is 0 Å². The molecule has 32 heavy (non-hydrogen) atoms. The Bertz CT molecular complexity index is 1140. The molecule has 3 rings (SSSR count). The number of rotatable bonds is 4. The number of benzene rings is 1. The molecule has 1 fully saturated rings. The van der Waals surface area contributed by atoms with E-state index in [1.165, 1.54) is 0 Å². The van der Waals surface area contributed by atoms with Crippen LogP contribution in [0.25, 0.3) is 0 Å². The standard InChI is InChI=1S/C18H19N2O9P.2Na/c21-12(9-30(26,27)28)15-13(22)14(23)17(29-15)20-8-11(16(24)19-18(20)25)7-6-10-4-2-1-3-5-10;;/h1-5,8,12-15,17,21-23H,9H2,(H,19,24,25)(H2,26,27,28);;/q;2*+1/p-2/t12-,13+,14-,15-,17-;;/m1../s1. The third-order valence-corrected chi connectivity index (χ3v) is 5.24. The Kier molecular flexibility index (Phi) is 11.3. The van der Waals surface area contributed by atoms with Crippen molar-refractivity contribution in [2.24, 2.45) is 0 Å². The normalized spacial score (nSPS) is 23.3. The number of H-pyrrole nitrogens is 1. The van der Waals surface area contributed by atoms with Crippen LogP contribution in [0.3, 0.4) is 0 Å². The molecule has 2 heterocycles. The van der Waals surface area contributed by atoms with Crippen molar-refractivity contribution in [1.29, 1.82) is 0 Å². The predicted molar refractivity (Wildman–Crippen MR) is 98.1 cm³/mol. The number of aromatic nitrogens is 2. The number of aliphatic hydroxyl groups excluding tert-OH is 3. The molecule has 0 aliphatic carbocycles.